The van der Waals surface area contributed by atoms with Crippen molar-refractivity contribution in [2.75, 3.05) is 5.43 Å². The Morgan fingerprint density at radius 3 is 2.86 bits per heavy atom. The predicted molar refractivity (Wildman–Crippen MR) is 67.3 cm³/mol. The highest BCUT2D eigenvalue weighted by Gasteiger charge is 2.07. The second kappa shape index (κ2) is 3.88. The predicted octanol–water partition coefficient (Wildman–Crippen LogP) is 2.78. The minimum absolute atomic E-state index is 0.637. The first-order valence-electron chi connectivity index (χ1n) is 3.93. The van der Waals surface area contributed by atoms with E-state index in [1.807, 2.05) is 18.2 Å². The van der Waals surface area contributed by atoms with Crippen LogP contribution in [0.25, 0.3) is 10.9 Å². The van der Waals surface area contributed by atoms with Crippen LogP contribution in [-0.2, 0) is 0 Å². The molecule has 0 radical (unpaired) electrons. The van der Waals surface area contributed by atoms with Gasteiger partial charge in [0.05, 0.1) is 16.2 Å². The number of hydrogen-bond acceptors (Lipinski definition) is 3. The molecular weight excluding hydrogens is 312 g/mol. The Labute approximate surface area is 99.8 Å². The number of nitrogens with zero attached hydrogens (tertiary/aromatic N) is 1. The molecule has 14 heavy (non-hydrogen) atoms. The molecule has 0 unspecified atom stereocenters. The Balaban J connectivity index is 2.92. The molecule has 0 atom stereocenters. The molecule has 0 aliphatic carbocycles. The van der Waals surface area contributed by atoms with Gasteiger partial charge in [-0.25, -0.2) is 0 Å². The number of nitrogens with two attached hydrogens (primary N) is 1. The van der Waals surface area contributed by atoms with E-state index in [9.17, 15) is 0 Å². The topological polar surface area (TPSA) is 50.9 Å². The highest BCUT2D eigenvalue weighted by Crippen LogP contribution is 2.30. The van der Waals surface area contributed by atoms with E-state index in [0.29, 0.717) is 5.02 Å². The lowest BCUT2D eigenvalue weighted by molar-refractivity contribution is 1.33. The van der Waals surface area contributed by atoms with Crippen LogP contribution in [0.15, 0.2) is 24.4 Å². The van der Waals surface area contributed by atoms with Crippen molar-refractivity contribution in [3.63, 3.8) is 0 Å². The maximum absolute atomic E-state index is 6.02. The van der Waals surface area contributed by atoms with Gasteiger partial charge in [0.15, 0.2) is 0 Å². The zero-order valence-electron chi connectivity index (χ0n) is 7.09. The minimum atomic E-state index is 0.637. The molecule has 0 bridgehead atoms. The van der Waals surface area contributed by atoms with Crippen LogP contribution in [0.5, 0.6) is 0 Å². The molecule has 5 heteroatoms. The van der Waals surface area contributed by atoms with Gasteiger partial charge in [-0.2, -0.15) is 0 Å². The number of benzene rings is 1. The van der Waals surface area contributed by atoms with Crippen LogP contribution >= 0.6 is 34.2 Å². The van der Waals surface area contributed by atoms with Gasteiger partial charge in [-0.05, 0) is 40.8 Å². The second-order valence-corrected chi connectivity index (χ2v) is 4.33. The first-order valence-corrected chi connectivity index (χ1v) is 5.39. The highest BCUT2D eigenvalue weighted by atomic mass is 127. The lowest BCUT2D eigenvalue weighted by atomic mass is 10.2. The Morgan fingerprint density at radius 1 is 1.36 bits per heavy atom. The smallest absolute Gasteiger partial charge is 0.0920 e. The van der Waals surface area contributed by atoms with E-state index in [2.05, 4.69) is 33.0 Å². The van der Waals surface area contributed by atoms with Crippen LogP contribution in [0.2, 0.25) is 5.02 Å². The normalized spacial score (nSPS) is 10.5. The fourth-order valence-electron chi connectivity index (χ4n) is 1.31. The fraction of sp³-hybridized carbons (Fsp3) is 0. The first-order chi connectivity index (χ1) is 6.74. The lowest BCUT2D eigenvalue weighted by Gasteiger charge is -2.07. The Kier molecular flexibility index (Phi) is 2.76. The summed E-state index contributed by atoms with van der Waals surface area (Å²) in [5.41, 5.74) is 4.24. The van der Waals surface area contributed by atoms with Gasteiger partial charge in [-0.15, -0.1) is 0 Å². The van der Waals surface area contributed by atoms with Crippen molar-refractivity contribution >= 4 is 50.8 Å². The lowest BCUT2D eigenvalue weighted by Crippen LogP contribution is -2.07. The van der Waals surface area contributed by atoms with Crippen LogP contribution in [0, 0.1) is 3.57 Å². The fourth-order valence-corrected chi connectivity index (χ4v) is 2.25. The first kappa shape index (κ1) is 9.95. The summed E-state index contributed by atoms with van der Waals surface area (Å²) in [6, 6.07) is 5.59. The van der Waals surface area contributed by atoms with Gasteiger partial charge in [0.1, 0.15) is 0 Å². The van der Waals surface area contributed by atoms with Crippen LogP contribution in [0.4, 0.5) is 5.69 Å². The highest BCUT2D eigenvalue weighted by molar-refractivity contribution is 14.1. The summed E-state index contributed by atoms with van der Waals surface area (Å²) in [6.45, 7) is 0. The summed E-state index contributed by atoms with van der Waals surface area (Å²) in [6.07, 6.45) is 1.68. The van der Waals surface area contributed by atoms with Crippen LogP contribution < -0.4 is 11.3 Å². The molecule has 3 nitrogen and oxygen atoms in total. The maximum atomic E-state index is 6.02. The van der Waals surface area contributed by atoms with Crippen LogP contribution in [-0.4, -0.2) is 4.98 Å². The molecule has 0 saturated heterocycles. The minimum Gasteiger partial charge on any atom is -0.323 e. The van der Waals surface area contributed by atoms with Gasteiger partial charge in [-0.1, -0.05) is 11.6 Å². The van der Waals surface area contributed by atoms with Crippen molar-refractivity contribution in [2.45, 2.75) is 0 Å². The van der Waals surface area contributed by atoms with Crippen molar-refractivity contribution in [1.29, 1.82) is 0 Å². The molecule has 0 saturated carbocycles. The van der Waals surface area contributed by atoms with Crippen LogP contribution in [0.1, 0.15) is 0 Å². The number of nitrogen functional groups attached to an aromatic ring is 1. The summed E-state index contributed by atoms with van der Waals surface area (Å²) in [7, 11) is 0. The van der Waals surface area contributed by atoms with Gasteiger partial charge in [-0.3, -0.25) is 10.8 Å². The third kappa shape index (κ3) is 1.53. The summed E-state index contributed by atoms with van der Waals surface area (Å²) in [4.78, 5) is 4.22. The number of fused-ring (bicyclic) bond motifs is 1. The zero-order valence-corrected chi connectivity index (χ0v) is 10.0. The standard InChI is InChI=1S/C9H7ClIN3/c10-5-1-2-6(11)8-7(14-12)3-4-13-9(5)8/h1-4H,12H2,(H,13,14). The number of halogens is 2. The number of nitrogens with one attached hydrogen (secondary N) is 1. The van der Waals surface area contributed by atoms with Crippen molar-refractivity contribution in [1.82, 2.24) is 4.98 Å². The molecule has 0 amide bonds. The van der Waals surface area contributed by atoms with E-state index < -0.39 is 0 Å². The van der Waals surface area contributed by atoms with Gasteiger partial charge in [0.2, 0.25) is 0 Å². The average molecular weight is 320 g/mol. The maximum Gasteiger partial charge on any atom is 0.0920 e. The average Bonchev–Trinajstić information content (AvgIpc) is 2.23. The van der Waals surface area contributed by atoms with Gasteiger partial charge >= 0.3 is 0 Å². The van der Waals surface area contributed by atoms with Crippen molar-refractivity contribution in [3.8, 4) is 0 Å². The Morgan fingerprint density at radius 2 is 2.14 bits per heavy atom. The Bertz CT molecular complexity index is 487. The molecule has 1 aromatic carbocycles. The molecular formula is C9H7ClIN3. The molecule has 2 aromatic rings. The molecule has 0 fully saturated rings. The number of aromatic nitrogens is 1. The number of rotatable bonds is 1. The number of anilines is 1. The molecule has 0 aliphatic heterocycles. The van der Waals surface area contributed by atoms with Crippen molar-refractivity contribution < 1.29 is 0 Å². The molecule has 72 valence electrons. The van der Waals surface area contributed by atoms with E-state index in [1.165, 1.54) is 0 Å². The quantitative estimate of drug-likeness (QED) is 0.483. The van der Waals surface area contributed by atoms with E-state index >= 15 is 0 Å². The van der Waals surface area contributed by atoms with E-state index in [0.717, 1.165) is 20.2 Å². The zero-order chi connectivity index (χ0) is 10.1. The summed E-state index contributed by atoms with van der Waals surface area (Å²) in [5, 5.41) is 1.60. The van der Waals surface area contributed by atoms with Crippen molar-refractivity contribution in [2.24, 2.45) is 5.84 Å². The molecule has 0 aliphatic rings. The van der Waals surface area contributed by atoms with Crippen molar-refractivity contribution in [3.05, 3.63) is 33.0 Å². The van der Waals surface area contributed by atoms with E-state index in [1.54, 1.807) is 6.20 Å². The van der Waals surface area contributed by atoms with E-state index in [4.69, 9.17) is 17.4 Å². The van der Waals surface area contributed by atoms with Crippen LogP contribution in [0.3, 0.4) is 0 Å². The third-order valence-corrected chi connectivity index (χ3v) is 3.15. The molecule has 2 rings (SSSR count). The van der Waals surface area contributed by atoms with E-state index in [-0.39, 0.29) is 0 Å². The number of hydrogen-bond donors (Lipinski definition) is 2. The van der Waals surface area contributed by atoms with Gasteiger partial charge < -0.3 is 5.43 Å². The molecule has 0 spiro atoms. The summed E-state index contributed by atoms with van der Waals surface area (Å²) >= 11 is 8.25. The number of pyridine rings is 1. The second-order valence-electron chi connectivity index (χ2n) is 2.76. The Hall–Kier alpha value is -0.590. The molecule has 3 N–H and O–H groups in total. The SMILES string of the molecule is NNc1ccnc2c(Cl)ccc(I)c12. The summed E-state index contributed by atoms with van der Waals surface area (Å²) < 4.78 is 1.07. The largest absolute Gasteiger partial charge is 0.323 e. The summed E-state index contributed by atoms with van der Waals surface area (Å²) in [5.74, 6) is 5.41. The number of hydrazine groups is 1. The van der Waals surface area contributed by atoms with Gasteiger partial charge in [0.25, 0.3) is 0 Å². The third-order valence-electron chi connectivity index (χ3n) is 1.95. The van der Waals surface area contributed by atoms with Gasteiger partial charge in [0, 0.05) is 15.2 Å². The monoisotopic (exact) mass is 319 g/mol. The molecule has 1 aromatic heterocycles. The molecule has 1 heterocycles.